The number of hydrogen-bond acceptors (Lipinski definition) is 1. The summed E-state index contributed by atoms with van der Waals surface area (Å²) in [6.07, 6.45) is 8.77. The SMILES string of the molecule is C=C(N)CC/C=C(\C)CCC=C(C)C. The Morgan fingerprint density at radius 1 is 1.07 bits per heavy atom. The Hall–Kier alpha value is -0.980. The van der Waals surface area contributed by atoms with Gasteiger partial charge in [-0.25, -0.2) is 0 Å². The van der Waals surface area contributed by atoms with Gasteiger partial charge in [0.15, 0.2) is 0 Å². The molecule has 0 aliphatic heterocycles. The van der Waals surface area contributed by atoms with Crippen LogP contribution < -0.4 is 5.73 Å². The van der Waals surface area contributed by atoms with Crippen molar-refractivity contribution >= 4 is 0 Å². The summed E-state index contributed by atoms with van der Waals surface area (Å²) in [5, 5.41) is 0. The predicted octanol–water partition coefficient (Wildman–Crippen LogP) is 3.93. The third-order valence-electron chi connectivity index (χ3n) is 2.05. The molecular formula is C13H23N. The Labute approximate surface area is 88.4 Å². The van der Waals surface area contributed by atoms with E-state index in [2.05, 4.69) is 39.5 Å². The summed E-state index contributed by atoms with van der Waals surface area (Å²) in [4.78, 5) is 0. The summed E-state index contributed by atoms with van der Waals surface area (Å²) < 4.78 is 0. The predicted molar refractivity (Wildman–Crippen MR) is 65.0 cm³/mol. The van der Waals surface area contributed by atoms with Crippen LogP contribution in [0.1, 0.15) is 46.5 Å². The first-order chi connectivity index (χ1) is 6.52. The van der Waals surface area contributed by atoms with E-state index in [4.69, 9.17) is 5.73 Å². The zero-order chi connectivity index (χ0) is 11.0. The minimum absolute atomic E-state index is 0.776. The molecule has 0 aromatic rings. The van der Waals surface area contributed by atoms with Gasteiger partial charge in [0.05, 0.1) is 0 Å². The molecule has 80 valence electrons. The molecule has 0 aromatic heterocycles. The van der Waals surface area contributed by atoms with E-state index in [0.29, 0.717) is 0 Å². The van der Waals surface area contributed by atoms with Crippen LogP contribution in [0.15, 0.2) is 35.6 Å². The molecule has 0 aliphatic carbocycles. The van der Waals surface area contributed by atoms with Crippen LogP contribution in [0.3, 0.4) is 0 Å². The van der Waals surface area contributed by atoms with Crippen molar-refractivity contribution in [1.82, 2.24) is 0 Å². The van der Waals surface area contributed by atoms with Crippen molar-refractivity contribution in [3.05, 3.63) is 35.6 Å². The van der Waals surface area contributed by atoms with Gasteiger partial charge >= 0.3 is 0 Å². The van der Waals surface area contributed by atoms with Crippen LogP contribution in [0.5, 0.6) is 0 Å². The van der Waals surface area contributed by atoms with Gasteiger partial charge in [-0.3, -0.25) is 0 Å². The topological polar surface area (TPSA) is 26.0 Å². The Morgan fingerprint density at radius 3 is 2.14 bits per heavy atom. The number of rotatable bonds is 6. The lowest BCUT2D eigenvalue weighted by Gasteiger charge is -1.99. The molecule has 2 N–H and O–H groups in total. The molecule has 0 saturated heterocycles. The van der Waals surface area contributed by atoms with Crippen molar-refractivity contribution in [2.24, 2.45) is 5.73 Å². The van der Waals surface area contributed by atoms with Gasteiger partial charge in [0.2, 0.25) is 0 Å². The molecule has 14 heavy (non-hydrogen) atoms. The fourth-order valence-electron chi connectivity index (χ4n) is 1.19. The summed E-state index contributed by atoms with van der Waals surface area (Å²) in [7, 11) is 0. The zero-order valence-corrected chi connectivity index (χ0v) is 9.77. The highest BCUT2D eigenvalue weighted by atomic mass is 14.5. The second kappa shape index (κ2) is 7.43. The van der Waals surface area contributed by atoms with Crippen LogP contribution in [-0.2, 0) is 0 Å². The van der Waals surface area contributed by atoms with E-state index in [0.717, 1.165) is 31.4 Å². The number of allylic oxidation sites excluding steroid dienone is 5. The first-order valence-electron chi connectivity index (χ1n) is 5.24. The lowest BCUT2D eigenvalue weighted by Crippen LogP contribution is -1.92. The third kappa shape index (κ3) is 9.11. The minimum atomic E-state index is 0.776. The van der Waals surface area contributed by atoms with Crippen molar-refractivity contribution in [3.8, 4) is 0 Å². The van der Waals surface area contributed by atoms with E-state index in [9.17, 15) is 0 Å². The maximum atomic E-state index is 5.49. The van der Waals surface area contributed by atoms with E-state index < -0.39 is 0 Å². The number of nitrogens with two attached hydrogens (primary N) is 1. The van der Waals surface area contributed by atoms with Crippen molar-refractivity contribution in [3.63, 3.8) is 0 Å². The quantitative estimate of drug-likeness (QED) is 0.635. The highest BCUT2D eigenvalue weighted by Crippen LogP contribution is 2.09. The van der Waals surface area contributed by atoms with Crippen molar-refractivity contribution in [2.75, 3.05) is 0 Å². The molecule has 0 aliphatic rings. The second-order valence-electron chi connectivity index (χ2n) is 4.07. The largest absolute Gasteiger partial charge is 0.403 e. The van der Waals surface area contributed by atoms with Gasteiger partial charge in [-0.1, -0.05) is 29.9 Å². The molecule has 0 unspecified atom stereocenters. The maximum absolute atomic E-state index is 5.49. The Kier molecular flexibility index (Phi) is 6.91. The molecular weight excluding hydrogens is 170 g/mol. The molecule has 0 atom stereocenters. The van der Waals surface area contributed by atoms with Gasteiger partial charge in [-0.2, -0.15) is 0 Å². The Balaban J connectivity index is 3.67. The van der Waals surface area contributed by atoms with E-state index in [1.54, 1.807) is 0 Å². The monoisotopic (exact) mass is 193 g/mol. The Bertz CT molecular complexity index is 230. The smallest absolute Gasteiger partial charge is 0.00105 e. The van der Waals surface area contributed by atoms with E-state index in [-0.39, 0.29) is 0 Å². The summed E-state index contributed by atoms with van der Waals surface area (Å²) in [5.74, 6) is 0. The van der Waals surface area contributed by atoms with E-state index in [1.165, 1.54) is 11.1 Å². The van der Waals surface area contributed by atoms with E-state index >= 15 is 0 Å². The van der Waals surface area contributed by atoms with Gasteiger partial charge in [-0.05, 0) is 46.5 Å². The molecule has 0 bridgehead atoms. The highest BCUT2D eigenvalue weighted by molar-refractivity contribution is 5.03. The third-order valence-corrected chi connectivity index (χ3v) is 2.05. The lowest BCUT2D eigenvalue weighted by molar-refractivity contribution is 0.914. The summed E-state index contributed by atoms with van der Waals surface area (Å²) in [5.41, 5.74) is 9.11. The molecule has 0 radical (unpaired) electrons. The van der Waals surface area contributed by atoms with Gasteiger partial charge < -0.3 is 5.73 Å². The molecule has 1 heteroatoms. The summed E-state index contributed by atoms with van der Waals surface area (Å²) >= 11 is 0. The van der Waals surface area contributed by atoms with Crippen molar-refractivity contribution in [2.45, 2.75) is 46.5 Å². The average Bonchev–Trinajstić information content (AvgIpc) is 2.02. The second-order valence-corrected chi connectivity index (χ2v) is 4.07. The van der Waals surface area contributed by atoms with Crippen LogP contribution in [0.4, 0.5) is 0 Å². The molecule has 0 spiro atoms. The summed E-state index contributed by atoms with van der Waals surface area (Å²) in [6.45, 7) is 10.1. The molecule has 0 aromatic carbocycles. The number of hydrogen-bond donors (Lipinski definition) is 1. The zero-order valence-electron chi connectivity index (χ0n) is 9.77. The van der Waals surface area contributed by atoms with Crippen LogP contribution in [0.25, 0.3) is 0 Å². The fraction of sp³-hybridized carbons (Fsp3) is 0.538. The average molecular weight is 193 g/mol. The Morgan fingerprint density at radius 2 is 1.64 bits per heavy atom. The fourth-order valence-corrected chi connectivity index (χ4v) is 1.19. The van der Waals surface area contributed by atoms with Crippen LogP contribution >= 0.6 is 0 Å². The first-order valence-corrected chi connectivity index (χ1v) is 5.24. The molecule has 0 amide bonds. The van der Waals surface area contributed by atoms with Crippen molar-refractivity contribution in [1.29, 1.82) is 0 Å². The molecule has 0 fully saturated rings. The summed E-state index contributed by atoms with van der Waals surface area (Å²) in [6, 6.07) is 0. The molecule has 0 heterocycles. The van der Waals surface area contributed by atoms with Gasteiger partial charge in [0, 0.05) is 5.70 Å². The highest BCUT2D eigenvalue weighted by Gasteiger charge is 1.89. The molecule has 0 rings (SSSR count). The first kappa shape index (κ1) is 13.0. The van der Waals surface area contributed by atoms with Crippen LogP contribution in [0, 0.1) is 0 Å². The van der Waals surface area contributed by atoms with Crippen LogP contribution in [0.2, 0.25) is 0 Å². The van der Waals surface area contributed by atoms with Crippen LogP contribution in [-0.4, -0.2) is 0 Å². The van der Waals surface area contributed by atoms with Crippen molar-refractivity contribution < 1.29 is 0 Å². The molecule has 0 saturated carbocycles. The minimum Gasteiger partial charge on any atom is -0.403 e. The maximum Gasteiger partial charge on any atom is 0.00105 e. The van der Waals surface area contributed by atoms with Gasteiger partial charge in [0.25, 0.3) is 0 Å². The normalized spacial score (nSPS) is 11.2. The van der Waals surface area contributed by atoms with Gasteiger partial charge in [0.1, 0.15) is 0 Å². The standard InChI is InChI=1S/C13H23N/c1-11(2)7-5-8-12(3)9-6-10-13(4)14/h7,9H,4-6,8,10,14H2,1-3H3/b12-9+. The van der Waals surface area contributed by atoms with Gasteiger partial charge in [-0.15, -0.1) is 0 Å². The lowest BCUT2D eigenvalue weighted by atomic mass is 10.1. The molecule has 1 nitrogen and oxygen atoms in total. The van der Waals surface area contributed by atoms with E-state index in [1.807, 2.05) is 0 Å².